The smallest absolute Gasteiger partial charge is 0.0469 e. The highest BCUT2D eigenvalue weighted by Crippen LogP contribution is 2.22. The van der Waals surface area contributed by atoms with Crippen molar-refractivity contribution >= 4 is 0 Å². The van der Waals surface area contributed by atoms with E-state index in [1.165, 1.54) is 12.8 Å². The summed E-state index contributed by atoms with van der Waals surface area (Å²) in [6.45, 7) is 9.83. The Hall–Kier alpha value is -0.120. The molecule has 1 fully saturated rings. The van der Waals surface area contributed by atoms with E-state index < -0.39 is 0 Å². The van der Waals surface area contributed by atoms with Gasteiger partial charge < -0.3 is 15.2 Å². The number of aliphatic hydroxyl groups is 1. The molecule has 2 N–H and O–H groups in total. The van der Waals surface area contributed by atoms with E-state index in [2.05, 4.69) is 26.1 Å². The van der Waals surface area contributed by atoms with Gasteiger partial charge in [0.25, 0.3) is 0 Å². The zero-order valence-electron chi connectivity index (χ0n) is 11.0. The van der Waals surface area contributed by atoms with Crippen LogP contribution in [0.25, 0.3) is 0 Å². The van der Waals surface area contributed by atoms with Crippen molar-refractivity contribution in [2.75, 3.05) is 26.4 Å². The van der Waals surface area contributed by atoms with E-state index in [-0.39, 0.29) is 12.0 Å². The molecule has 1 rings (SSSR count). The summed E-state index contributed by atoms with van der Waals surface area (Å²) in [5, 5.41) is 12.7. The van der Waals surface area contributed by atoms with Crippen LogP contribution >= 0.6 is 0 Å². The van der Waals surface area contributed by atoms with Crippen LogP contribution in [-0.2, 0) is 4.74 Å². The van der Waals surface area contributed by atoms with E-state index in [9.17, 15) is 0 Å². The van der Waals surface area contributed by atoms with Crippen molar-refractivity contribution in [3.05, 3.63) is 0 Å². The van der Waals surface area contributed by atoms with Crippen molar-refractivity contribution in [3.8, 4) is 0 Å². The van der Waals surface area contributed by atoms with Crippen LogP contribution in [0.1, 0.15) is 40.0 Å². The Kier molecular flexibility index (Phi) is 5.73. The number of aliphatic hydroxyl groups excluding tert-OH is 1. The lowest BCUT2D eigenvalue weighted by Gasteiger charge is -2.33. The number of nitrogens with one attached hydrogen (secondary N) is 1. The third-order valence-corrected chi connectivity index (χ3v) is 3.46. The van der Waals surface area contributed by atoms with E-state index in [1.807, 2.05) is 0 Å². The average Bonchev–Trinajstić information content (AvgIpc) is 2.24. The molecule has 0 aromatic carbocycles. The molecule has 3 heteroatoms. The summed E-state index contributed by atoms with van der Waals surface area (Å²) in [7, 11) is 0. The molecule has 1 aliphatic rings. The number of ether oxygens (including phenoxy) is 1. The standard InChI is InChI=1S/C13H27NO2/c1-13(2,3)12(4-7-15)14-10-11-5-8-16-9-6-11/h11-12,14-15H,4-10H2,1-3H3. The van der Waals surface area contributed by atoms with Crippen molar-refractivity contribution in [3.63, 3.8) is 0 Å². The summed E-state index contributed by atoms with van der Waals surface area (Å²) < 4.78 is 5.35. The summed E-state index contributed by atoms with van der Waals surface area (Å²) in [6.07, 6.45) is 3.18. The molecule has 1 saturated heterocycles. The average molecular weight is 229 g/mol. The highest BCUT2D eigenvalue weighted by atomic mass is 16.5. The molecule has 16 heavy (non-hydrogen) atoms. The van der Waals surface area contributed by atoms with Crippen molar-refractivity contribution in [2.24, 2.45) is 11.3 Å². The minimum Gasteiger partial charge on any atom is -0.396 e. The Morgan fingerprint density at radius 3 is 2.44 bits per heavy atom. The molecule has 96 valence electrons. The van der Waals surface area contributed by atoms with E-state index in [0.717, 1.165) is 32.1 Å². The Balaban J connectivity index is 2.31. The first-order chi connectivity index (χ1) is 7.54. The van der Waals surface area contributed by atoms with E-state index >= 15 is 0 Å². The van der Waals surface area contributed by atoms with Gasteiger partial charge in [-0.05, 0) is 37.1 Å². The van der Waals surface area contributed by atoms with Gasteiger partial charge in [0.2, 0.25) is 0 Å². The van der Waals surface area contributed by atoms with Crippen molar-refractivity contribution in [2.45, 2.75) is 46.1 Å². The molecule has 0 aliphatic carbocycles. The van der Waals surface area contributed by atoms with Crippen LogP contribution in [0, 0.1) is 11.3 Å². The Morgan fingerprint density at radius 1 is 1.31 bits per heavy atom. The minimum atomic E-state index is 0.216. The van der Waals surface area contributed by atoms with Gasteiger partial charge >= 0.3 is 0 Å². The van der Waals surface area contributed by atoms with Gasteiger partial charge in [0, 0.05) is 25.9 Å². The number of hydrogen-bond acceptors (Lipinski definition) is 3. The number of hydrogen-bond donors (Lipinski definition) is 2. The van der Waals surface area contributed by atoms with Gasteiger partial charge in [-0.15, -0.1) is 0 Å². The van der Waals surface area contributed by atoms with Crippen LogP contribution in [0.15, 0.2) is 0 Å². The molecule has 0 aromatic heterocycles. The molecule has 1 aliphatic heterocycles. The minimum absolute atomic E-state index is 0.216. The first-order valence-electron chi connectivity index (χ1n) is 6.46. The molecule has 0 bridgehead atoms. The molecular weight excluding hydrogens is 202 g/mol. The van der Waals surface area contributed by atoms with Gasteiger partial charge in [0.05, 0.1) is 0 Å². The molecule has 1 atom stereocenters. The van der Waals surface area contributed by atoms with E-state index in [4.69, 9.17) is 9.84 Å². The second-order valence-electron chi connectivity index (χ2n) is 5.89. The predicted molar refractivity (Wildman–Crippen MR) is 66.5 cm³/mol. The van der Waals surface area contributed by atoms with Gasteiger partial charge in [-0.3, -0.25) is 0 Å². The van der Waals surface area contributed by atoms with Crippen LogP contribution in [-0.4, -0.2) is 37.5 Å². The lowest BCUT2D eigenvalue weighted by atomic mass is 9.84. The third-order valence-electron chi connectivity index (χ3n) is 3.46. The van der Waals surface area contributed by atoms with Crippen molar-refractivity contribution in [1.82, 2.24) is 5.32 Å². The molecular formula is C13H27NO2. The fourth-order valence-electron chi connectivity index (χ4n) is 2.23. The maximum Gasteiger partial charge on any atom is 0.0469 e. The van der Waals surface area contributed by atoms with Gasteiger partial charge in [-0.2, -0.15) is 0 Å². The van der Waals surface area contributed by atoms with Crippen LogP contribution < -0.4 is 5.32 Å². The fourth-order valence-corrected chi connectivity index (χ4v) is 2.23. The summed E-state index contributed by atoms with van der Waals surface area (Å²) in [4.78, 5) is 0. The lowest BCUT2D eigenvalue weighted by Crippen LogP contribution is -2.43. The topological polar surface area (TPSA) is 41.5 Å². The van der Waals surface area contributed by atoms with Crippen LogP contribution in [0.5, 0.6) is 0 Å². The van der Waals surface area contributed by atoms with Gasteiger partial charge in [0.15, 0.2) is 0 Å². The summed E-state index contributed by atoms with van der Waals surface area (Å²) in [6, 6.07) is 0.403. The first kappa shape index (κ1) is 13.9. The Morgan fingerprint density at radius 2 is 1.94 bits per heavy atom. The molecule has 0 saturated carbocycles. The second kappa shape index (κ2) is 6.58. The Bertz CT molecular complexity index is 183. The first-order valence-corrected chi connectivity index (χ1v) is 6.46. The summed E-state index contributed by atoms with van der Waals surface area (Å²) in [5.74, 6) is 0.747. The normalized spacial score (nSPS) is 21.0. The second-order valence-corrected chi connectivity index (χ2v) is 5.89. The predicted octanol–water partition coefficient (Wildman–Crippen LogP) is 1.80. The maximum absolute atomic E-state index is 9.08. The van der Waals surface area contributed by atoms with Gasteiger partial charge in [-0.1, -0.05) is 20.8 Å². The Labute approximate surface area is 99.6 Å². The molecule has 0 radical (unpaired) electrons. The van der Waals surface area contributed by atoms with E-state index in [1.54, 1.807) is 0 Å². The molecule has 1 heterocycles. The molecule has 0 aromatic rings. The SMILES string of the molecule is CC(C)(C)C(CCO)NCC1CCOCC1. The highest BCUT2D eigenvalue weighted by Gasteiger charge is 2.24. The van der Waals surface area contributed by atoms with Crippen LogP contribution in [0.2, 0.25) is 0 Å². The maximum atomic E-state index is 9.08. The third kappa shape index (κ3) is 4.81. The summed E-state index contributed by atoms with van der Waals surface area (Å²) in [5.41, 5.74) is 0.216. The number of rotatable bonds is 5. The molecule has 3 nitrogen and oxygen atoms in total. The molecule has 1 unspecified atom stereocenters. The lowest BCUT2D eigenvalue weighted by molar-refractivity contribution is 0.0629. The van der Waals surface area contributed by atoms with Gasteiger partial charge in [0.1, 0.15) is 0 Å². The van der Waals surface area contributed by atoms with Crippen molar-refractivity contribution < 1.29 is 9.84 Å². The quantitative estimate of drug-likeness (QED) is 0.755. The van der Waals surface area contributed by atoms with E-state index in [0.29, 0.717) is 6.04 Å². The van der Waals surface area contributed by atoms with Crippen molar-refractivity contribution in [1.29, 1.82) is 0 Å². The largest absolute Gasteiger partial charge is 0.396 e. The van der Waals surface area contributed by atoms with Crippen LogP contribution in [0.4, 0.5) is 0 Å². The zero-order valence-corrected chi connectivity index (χ0v) is 11.0. The highest BCUT2D eigenvalue weighted by molar-refractivity contribution is 4.81. The fraction of sp³-hybridized carbons (Fsp3) is 1.00. The van der Waals surface area contributed by atoms with Gasteiger partial charge in [-0.25, -0.2) is 0 Å². The monoisotopic (exact) mass is 229 g/mol. The zero-order chi connectivity index (χ0) is 12.0. The van der Waals surface area contributed by atoms with Crippen LogP contribution in [0.3, 0.4) is 0 Å². The summed E-state index contributed by atoms with van der Waals surface area (Å²) >= 11 is 0. The molecule has 0 spiro atoms. The molecule has 0 amide bonds.